The molecule has 1 amide bonds. The minimum absolute atomic E-state index is 0.122. The first-order valence-electron chi connectivity index (χ1n) is 9.45. The summed E-state index contributed by atoms with van der Waals surface area (Å²) in [6.45, 7) is 2.91. The van der Waals surface area contributed by atoms with E-state index in [2.05, 4.69) is 31.2 Å². The fourth-order valence-corrected chi connectivity index (χ4v) is 3.72. The summed E-state index contributed by atoms with van der Waals surface area (Å²) in [5, 5.41) is 1.62. The van der Waals surface area contributed by atoms with E-state index in [9.17, 15) is 4.79 Å². The average Bonchev–Trinajstić information content (AvgIpc) is 2.64. The van der Waals surface area contributed by atoms with Gasteiger partial charge >= 0.3 is 0 Å². The third-order valence-electron chi connectivity index (χ3n) is 5.08. The van der Waals surface area contributed by atoms with Gasteiger partial charge in [-0.25, -0.2) is 9.90 Å². The molecule has 1 aromatic carbocycles. The molecule has 24 heavy (non-hydrogen) atoms. The monoisotopic (exact) mass is 331 g/mol. The van der Waals surface area contributed by atoms with Crippen LogP contribution in [0.1, 0.15) is 57.4 Å². The third-order valence-corrected chi connectivity index (χ3v) is 5.08. The Morgan fingerprint density at radius 1 is 1.21 bits per heavy atom. The van der Waals surface area contributed by atoms with Gasteiger partial charge < -0.3 is 4.74 Å². The molecule has 3 unspecified atom stereocenters. The maximum Gasteiger partial charge on any atom is 0.251 e. The molecule has 2 fully saturated rings. The van der Waals surface area contributed by atoms with Gasteiger partial charge in [0.1, 0.15) is 0 Å². The summed E-state index contributed by atoms with van der Waals surface area (Å²) in [7, 11) is 0. The number of hydrogen-bond acceptors (Lipinski definition) is 3. The fourth-order valence-electron chi connectivity index (χ4n) is 3.72. The molecule has 0 radical (unpaired) electrons. The van der Waals surface area contributed by atoms with Crippen molar-refractivity contribution < 1.29 is 14.4 Å². The van der Waals surface area contributed by atoms with E-state index < -0.39 is 0 Å². The van der Waals surface area contributed by atoms with E-state index in [4.69, 9.17) is 9.57 Å². The molecule has 3 atom stereocenters. The molecular formula is C20H29NO3. The maximum atomic E-state index is 12.5. The average molecular weight is 331 g/mol. The predicted molar refractivity (Wildman–Crippen MR) is 93.1 cm³/mol. The second kappa shape index (κ2) is 8.63. The van der Waals surface area contributed by atoms with Gasteiger partial charge in [-0.3, -0.25) is 4.79 Å². The van der Waals surface area contributed by atoms with E-state index in [1.165, 1.54) is 5.56 Å². The Labute approximate surface area is 145 Å². The van der Waals surface area contributed by atoms with E-state index in [-0.39, 0.29) is 24.2 Å². The van der Waals surface area contributed by atoms with E-state index in [0.29, 0.717) is 0 Å². The molecule has 0 aromatic heterocycles. The Balaban J connectivity index is 1.48. The van der Waals surface area contributed by atoms with Gasteiger partial charge in [0.05, 0.1) is 12.0 Å². The molecule has 2 heterocycles. The molecule has 132 valence electrons. The molecule has 0 bridgehead atoms. The summed E-state index contributed by atoms with van der Waals surface area (Å²) in [4.78, 5) is 18.4. The van der Waals surface area contributed by atoms with Gasteiger partial charge in [-0.15, -0.1) is 0 Å². The first kappa shape index (κ1) is 17.4. The van der Waals surface area contributed by atoms with Crippen molar-refractivity contribution in [1.82, 2.24) is 5.06 Å². The van der Waals surface area contributed by atoms with Crippen molar-refractivity contribution in [2.45, 2.75) is 70.6 Å². The predicted octanol–water partition coefficient (Wildman–Crippen LogP) is 4.09. The fraction of sp³-hybridized carbons (Fsp3) is 0.650. The van der Waals surface area contributed by atoms with Crippen LogP contribution in [-0.4, -0.2) is 29.9 Å². The number of nitrogens with zero attached hydrogens (tertiary/aromatic N) is 1. The highest BCUT2D eigenvalue weighted by Gasteiger charge is 2.48. The van der Waals surface area contributed by atoms with E-state index >= 15 is 0 Å². The van der Waals surface area contributed by atoms with Crippen LogP contribution >= 0.6 is 0 Å². The Morgan fingerprint density at radius 3 is 2.75 bits per heavy atom. The number of amides is 1. The topological polar surface area (TPSA) is 38.8 Å². The number of β-lactam (4-membered cyclic amide) rings is 1. The zero-order chi connectivity index (χ0) is 16.8. The highest BCUT2D eigenvalue weighted by atomic mass is 16.8. The minimum atomic E-state index is -0.229. The van der Waals surface area contributed by atoms with Crippen LogP contribution in [0.2, 0.25) is 0 Å². The Hall–Kier alpha value is -1.39. The molecule has 0 spiro atoms. The number of hydroxylamine groups is 2. The highest BCUT2D eigenvalue weighted by molar-refractivity contribution is 5.84. The van der Waals surface area contributed by atoms with Gasteiger partial charge in [-0.2, -0.15) is 0 Å². The Morgan fingerprint density at radius 2 is 2.04 bits per heavy atom. The van der Waals surface area contributed by atoms with Gasteiger partial charge in [0.2, 0.25) is 0 Å². The van der Waals surface area contributed by atoms with Gasteiger partial charge in [0, 0.05) is 13.0 Å². The lowest BCUT2D eigenvalue weighted by atomic mass is 9.82. The maximum absolute atomic E-state index is 12.5. The van der Waals surface area contributed by atoms with Crippen molar-refractivity contribution in [3.8, 4) is 0 Å². The third kappa shape index (κ3) is 4.17. The first-order chi connectivity index (χ1) is 11.8. The first-order valence-corrected chi connectivity index (χ1v) is 9.45. The standard InChI is InChI=1S/C20H29NO3/c1-2-9-18-17(13-8-12-16-10-4-3-5-11-16)20(22)21(18)24-19-14-6-7-15-23-19/h3-5,10-11,17-19H,2,6-9,12-15H2,1H3. The van der Waals surface area contributed by atoms with Crippen LogP contribution < -0.4 is 0 Å². The van der Waals surface area contributed by atoms with Crippen LogP contribution in [0, 0.1) is 5.92 Å². The van der Waals surface area contributed by atoms with Crippen molar-refractivity contribution in [3.63, 3.8) is 0 Å². The molecule has 4 heteroatoms. The van der Waals surface area contributed by atoms with Gasteiger partial charge in [-0.1, -0.05) is 43.7 Å². The smallest absolute Gasteiger partial charge is 0.251 e. The minimum Gasteiger partial charge on any atom is -0.350 e. The normalized spacial score (nSPS) is 27.1. The summed E-state index contributed by atoms with van der Waals surface area (Å²) < 4.78 is 5.62. The SMILES string of the molecule is CCCC1C(CCCc2ccccc2)C(=O)N1OC1CCCCO1. The molecule has 4 nitrogen and oxygen atoms in total. The van der Waals surface area contributed by atoms with Crippen LogP contribution in [0.15, 0.2) is 30.3 Å². The molecule has 0 N–H and O–H groups in total. The lowest BCUT2D eigenvalue weighted by Crippen LogP contribution is -2.61. The molecule has 1 aromatic rings. The molecule has 3 rings (SSSR count). The van der Waals surface area contributed by atoms with Gasteiger partial charge in [-0.05, 0) is 44.1 Å². The van der Waals surface area contributed by atoms with Crippen molar-refractivity contribution in [2.75, 3.05) is 6.61 Å². The van der Waals surface area contributed by atoms with Crippen LogP contribution in [0.25, 0.3) is 0 Å². The lowest BCUT2D eigenvalue weighted by Gasteiger charge is -2.47. The Kier molecular flexibility index (Phi) is 6.27. The second-order valence-corrected chi connectivity index (χ2v) is 6.91. The van der Waals surface area contributed by atoms with E-state index in [0.717, 1.165) is 58.0 Å². The quantitative estimate of drug-likeness (QED) is 0.673. The summed E-state index contributed by atoms with van der Waals surface area (Å²) in [6, 6.07) is 10.7. The van der Waals surface area contributed by atoms with Gasteiger partial charge in [0.15, 0.2) is 6.29 Å². The van der Waals surface area contributed by atoms with Crippen LogP contribution in [-0.2, 0) is 20.8 Å². The van der Waals surface area contributed by atoms with Crippen LogP contribution in [0.3, 0.4) is 0 Å². The number of carbonyl (C=O) groups excluding carboxylic acids is 1. The zero-order valence-corrected chi connectivity index (χ0v) is 14.7. The molecular weight excluding hydrogens is 302 g/mol. The van der Waals surface area contributed by atoms with E-state index in [1.54, 1.807) is 5.06 Å². The lowest BCUT2D eigenvalue weighted by molar-refractivity contribution is -0.319. The summed E-state index contributed by atoms with van der Waals surface area (Å²) in [5.41, 5.74) is 1.35. The van der Waals surface area contributed by atoms with Crippen LogP contribution in [0.5, 0.6) is 0 Å². The number of ether oxygens (including phenoxy) is 1. The number of aryl methyl sites for hydroxylation is 1. The van der Waals surface area contributed by atoms with Crippen LogP contribution in [0.4, 0.5) is 0 Å². The summed E-state index contributed by atoms with van der Waals surface area (Å²) in [6.07, 6.45) is 7.98. The molecule has 0 saturated carbocycles. The second-order valence-electron chi connectivity index (χ2n) is 6.91. The zero-order valence-electron chi connectivity index (χ0n) is 14.7. The number of carbonyl (C=O) groups is 1. The highest BCUT2D eigenvalue weighted by Crippen LogP contribution is 2.35. The number of benzene rings is 1. The summed E-state index contributed by atoms with van der Waals surface area (Å²) >= 11 is 0. The van der Waals surface area contributed by atoms with Crippen molar-refractivity contribution >= 4 is 5.91 Å². The molecule has 2 aliphatic rings. The number of hydrogen-bond donors (Lipinski definition) is 0. The van der Waals surface area contributed by atoms with Crippen molar-refractivity contribution in [3.05, 3.63) is 35.9 Å². The molecule has 2 saturated heterocycles. The number of rotatable bonds is 8. The Bertz CT molecular complexity index is 513. The molecule has 2 aliphatic heterocycles. The van der Waals surface area contributed by atoms with Crippen molar-refractivity contribution in [1.29, 1.82) is 0 Å². The largest absolute Gasteiger partial charge is 0.350 e. The van der Waals surface area contributed by atoms with E-state index in [1.807, 2.05) is 6.07 Å². The molecule has 0 aliphatic carbocycles. The van der Waals surface area contributed by atoms with Gasteiger partial charge in [0.25, 0.3) is 5.91 Å². The summed E-state index contributed by atoms with van der Waals surface area (Å²) in [5.74, 6) is 0.271. The van der Waals surface area contributed by atoms with Crippen molar-refractivity contribution in [2.24, 2.45) is 5.92 Å².